The predicted octanol–water partition coefficient (Wildman–Crippen LogP) is 1.61. The van der Waals surface area contributed by atoms with Gasteiger partial charge in [-0.2, -0.15) is 0 Å². The van der Waals surface area contributed by atoms with Crippen molar-refractivity contribution in [2.45, 2.75) is 52.5 Å². The van der Waals surface area contributed by atoms with Crippen molar-refractivity contribution >= 4 is 5.91 Å². The van der Waals surface area contributed by atoms with Crippen molar-refractivity contribution in [3.8, 4) is 0 Å². The van der Waals surface area contributed by atoms with E-state index in [4.69, 9.17) is 0 Å². The largest absolute Gasteiger partial charge is 0.356 e. The van der Waals surface area contributed by atoms with Crippen LogP contribution in [0.4, 0.5) is 0 Å². The topological polar surface area (TPSA) is 44.4 Å². The standard InChI is InChI=1S/C15H31N3O/c1-5-15(8-6-9-16-12-15)14(19)17-10-7-11-18(4)13(2)3/h13,16H,5-12H2,1-4H3,(H,17,19). The van der Waals surface area contributed by atoms with Crippen molar-refractivity contribution in [1.82, 2.24) is 15.5 Å². The van der Waals surface area contributed by atoms with Crippen LogP contribution in [0, 0.1) is 5.41 Å². The molecule has 0 saturated carbocycles. The minimum Gasteiger partial charge on any atom is -0.356 e. The van der Waals surface area contributed by atoms with E-state index in [0.717, 1.165) is 51.9 Å². The number of carbonyl (C=O) groups is 1. The predicted molar refractivity (Wildman–Crippen MR) is 80.2 cm³/mol. The van der Waals surface area contributed by atoms with Crippen LogP contribution in [0.15, 0.2) is 0 Å². The van der Waals surface area contributed by atoms with E-state index in [1.807, 2.05) is 0 Å². The van der Waals surface area contributed by atoms with Gasteiger partial charge < -0.3 is 15.5 Å². The molecule has 0 aromatic rings. The molecule has 1 atom stereocenters. The molecule has 112 valence electrons. The molecule has 0 spiro atoms. The quantitative estimate of drug-likeness (QED) is 0.690. The molecule has 4 heteroatoms. The summed E-state index contributed by atoms with van der Waals surface area (Å²) in [5.74, 6) is 0.245. The number of hydrogen-bond donors (Lipinski definition) is 2. The lowest BCUT2D eigenvalue weighted by molar-refractivity contribution is -0.132. The number of rotatable bonds is 7. The number of piperidine rings is 1. The van der Waals surface area contributed by atoms with Gasteiger partial charge in [0.25, 0.3) is 0 Å². The Labute approximate surface area is 118 Å². The Morgan fingerprint density at radius 2 is 2.21 bits per heavy atom. The first kappa shape index (κ1) is 16.4. The third-order valence-corrected chi connectivity index (χ3v) is 4.49. The molecule has 1 rings (SSSR count). The number of hydrogen-bond acceptors (Lipinski definition) is 3. The molecule has 1 aliphatic rings. The summed E-state index contributed by atoms with van der Waals surface area (Å²) in [7, 11) is 2.13. The van der Waals surface area contributed by atoms with E-state index in [-0.39, 0.29) is 11.3 Å². The lowest BCUT2D eigenvalue weighted by Gasteiger charge is -2.35. The van der Waals surface area contributed by atoms with E-state index >= 15 is 0 Å². The highest BCUT2D eigenvalue weighted by Gasteiger charge is 2.37. The Kier molecular flexibility index (Phi) is 6.80. The molecule has 1 heterocycles. The van der Waals surface area contributed by atoms with Gasteiger partial charge in [0.1, 0.15) is 0 Å². The molecule has 4 nitrogen and oxygen atoms in total. The fraction of sp³-hybridized carbons (Fsp3) is 0.933. The molecule has 0 radical (unpaired) electrons. The van der Waals surface area contributed by atoms with Gasteiger partial charge >= 0.3 is 0 Å². The number of carbonyl (C=O) groups excluding carboxylic acids is 1. The molecular weight excluding hydrogens is 238 g/mol. The first-order valence-electron chi connectivity index (χ1n) is 7.71. The molecule has 0 bridgehead atoms. The third kappa shape index (κ3) is 4.77. The highest BCUT2D eigenvalue weighted by Crippen LogP contribution is 2.30. The smallest absolute Gasteiger partial charge is 0.227 e. The molecule has 0 aromatic heterocycles. The monoisotopic (exact) mass is 269 g/mol. The van der Waals surface area contributed by atoms with E-state index in [1.165, 1.54) is 0 Å². The van der Waals surface area contributed by atoms with Crippen molar-refractivity contribution in [2.24, 2.45) is 5.41 Å². The van der Waals surface area contributed by atoms with Crippen LogP contribution in [-0.4, -0.2) is 50.1 Å². The molecule has 1 aliphatic heterocycles. The maximum Gasteiger partial charge on any atom is 0.227 e. The Balaban J connectivity index is 2.29. The number of nitrogens with one attached hydrogen (secondary N) is 2. The zero-order valence-electron chi connectivity index (χ0n) is 13.1. The van der Waals surface area contributed by atoms with Crippen molar-refractivity contribution in [3.05, 3.63) is 0 Å². The van der Waals surface area contributed by atoms with Gasteiger partial charge in [0.2, 0.25) is 5.91 Å². The molecular formula is C15H31N3O. The third-order valence-electron chi connectivity index (χ3n) is 4.49. The van der Waals surface area contributed by atoms with Gasteiger partial charge in [0, 0.05) is 19.1 Å². The van der Waals surface area contributed by atoms with E-state index in [1.54, 1.807) is 0 Å². The van der Waals surface area contributed by atoms with Gasteiger partial charge in [-0.1, -0.05) is 6.92 Å². The molecule has 1 fully saturated rings. The normalized spacial score (nSPS) is 23.9. The van der Waals surface area contributed by atoms with E-state index in [2.05, 4.69) is 43.4 Å². The van der Waals surface area contributed by atoms with Crippen molar-refractivity contribution < 1.29 is 4.79 Å². The maximum absolute atomic E-state index is 12.4. The van der Waals surface area contributed by atoms with Crippen LogP contribution in [0.2, 0.25) is 0 Å². The van der Waals surface area contributed by atoms with Gasteiger partial charge in [0.05, 0.1) is 5.41 Å². The number of nitrogens with zero attached hydrogens (tertiary/aromatic N) is 1. The fourth-order valence-corrected chi connectivity index (χ4v) is 2.60. The molecule has 1 unspecified atom stereocenters. The van der Waals surface area contributed by atoms with Crippen molar-refractivity contribution in [2.75, 3.05) is 33.2 Å². The molecule has 19 heavy (non-hydrogen) atoms. The summed E-state index contributed by atoms with van der Waals surface area (Å²) < 4.78 is 0. The molecule has 2 N–H and O–H groups in total. The summed E-state index contributed by atoms with van der Waals surface area (Å²) in [5, 5.41) is 6.49. The van der Waals surface area contributed by atoms with Crippen LogP contribution >= 0.6 is 0 Å². The highest BCUT2D eigenvalue weighted by molar-refractivity contribution is 5.82. The number of amides is 1. The zero-order chi connectivity index (χ0) is 14.3. The van der Waals surface area contributed by atoms with Crippen molar-refractivity contribution in [3.63, 3.8) is 0 Å². The first-order chi connectivity index (χ1) is 9.02. The zero-order valence-corrected chi connectivity index (χ0v) is 13.1. The lowest BCUT2D eigenvalue weighted by atomic mass is 9.77. The Morgan fingerprint density at radius 1 is 1.47 bits per heavy atom. The van der Waals surface area contributed by atoms with Gasteiger partial charge in [-0.3, -0.25) is 4.79 Å². The van der Waals surface area contributed by atoms with Crippen LogP contribution < -0.4 is 10.6 Å². The molecule has 0 aromatic carbocycles. The minimum atomic E-state index is -0.164. The Hall–Kier alpha value is -0.610. The van der Waals surface area contributed by atoms with Crippen LogP contribution in [-0.2, 0) is 4.79 Å². The van der Waals surface area contributed by atoms with Crippen LogP contribution in [0.3, 0.4) is 0 Å². The van der Waals surface area contributed by atoms with E-state index < -0.39 is 0 Å². The fourth-order valence-electron chi connectivity index (χ4n) is 2.60. The Bertz CT molecular complexity index is 273. The van der Waals surface area contributed by atoms with Crippen LogP contribution in [0.1, 0.15) is 46.5 Å². The van der Waals surface area contributed by atoms with Crippen LogP contribution in [0.25, 0.3) is 0 Å². The van der Waals surface area contributed by atoms with Gasteiger partial charge in [-0.15, -0.1) is 0 Å². The summed E-state index contributed by atoms with van der Waals surface area (Å²) in [5.41, 5.74) is -0.164. The van der Waals surface area contributed by atoms with E-state index in [9.17, 15) is 4.79 Å². The lowest BCUT2D eigenvalue weighted by Crippen LogP contribution is -2.50. The first-order valence-corrected chi connectivity index (χ1v) is 7.71. The summed E-state index contributed by atoms with van der Waals surface area (Å²) in [6.45, 7) is 10.2. The average Bonchev–Trinajstić information content (AvgIpc) is 2.43. The van der Waals surface area contributed by atoms with E-state index in [0.29, 0.717) is 6.04 Å². The van der Waals surface area contributed by atoms with Crippen molar-refractivity contribution in [1.29, 1.82) is 0 Å². The summed E-state index contributed by atoms with van der Waals surface area (Å²) in [6.07, 6.45) is 4.08. The van der Waals surface area contributed by atoms with Gasteiger partial charge in [0.15, 0.2) is 0 Å². The van der Waals surface area contributed by atoms with Crippen LogP contribution in [0.5, 0.6) is 0 Å². The Morgan fingerprint density at radius 3 is 2.74 bits per heavy atom. The summed E-state index contributed by atoms with van der Waals surface area (Å²) in [4.78, 5) is 14.7. The second-order valence-electron chi connectivity index (χ2n) is 6.10. The molecule has 1 amide bonds. The molecule has 0 aliphatic carbocycles. The second-order valence-corrected chi connectivity index (χ2v) is 6.10. The average molecular weight is 269 g/mol. The summed E-state index contributed by atoms with van der Waals surface area (Å²) in [6, 6.07) is 0.570. The van der Waals surface area contributed by atoms with Gasteiger partial charge in [-0.25, -0.2) is 0 Å². The van der Waals surface area contributed by atoms with Gasteiger partial charge in [-0.05, 0) is 59.7 Å². The maximum atomic E-state index is 12.4. The summed E-state index contributed by atoms with van der Waals surface area (Å²) >= 11 is 0. The second kappa shape index (κ2) is 7.85. The SMILES string of the molecule is CCC1(C(=O)NCCCN(C)C(C)C)CCCNC1. The highest BCUT2D eigenvalue weighted by atomic mass is 16.2. The minimum absolute atomic E-state index is 0.164. The molecule has 1 saturated heterocycles.